The molecular weight excluding hydrogens is 307 g/mol. The van der Waals surface area contributed by atoms with Crippen LogP contribution in [0, 0.1) is 6.92 Å². The van der Waals surface area contributed by atoms with Gasteiger partial charge in [-0.05, 0) is 33.3 Å². The molecule has 0 bridgehead atoms. The molecule has 0 aliphatic rings. The molecule has 0 aliphatic heterocycles. The van der Waals surface area contributed by atoms with Crippen molar-refractivity contribution in [3.8, 4) is 0 Å². The molecule has 0 unspecified atom stereocenters. The van der Waals surface area contributed by atoms with E-state index in [1.807, 2.05) is 6.92 Å². The Balaban J connectivity index is 2.68. The largest absolute Gasteiger partial charge is 0.364 e. The molecule has 0 N–H and O–H groups in total. The summed E-state index contributed by atoms with van der Waals surface area (Å²) in [6.45, 7) is 8.13. The van der Waals surface area contributed by atoms with Gasteiger partial charge >= 0.3 is 13.3 Å². The van der Waals surface area contributed by atoms with Crippen LogP contribution in [-0.2, 0) is 24.9 Å². The molecule has 8 heteroatoms. The Morgan fingerprint density at radius 1 is 1.27 bits per heavy atom. The first-order valence-electron chi connectivity index (χ1n) is 7.47. The normalized spacial score (nSPS) is 13.3. The Hall–Kier alpha value is -1.01. The molecule has 0 amide bonds. The van der Waals surface area contributed by atoms with E-state index in [4.69, 9.17) is 13.8 Å². The van der Waals surface area contributed by atoms with Crippen molar-refractivity contribution in [2.75, 3.05) is 19.6 Å². The van der Waals surface area contributed by atoms with Crippen LogP contribution in [0.4, 0.5) is 0 Å². The molecule has 1 aromatic heterocycles. The quantitative estimate of drug-likeness (QED) is 0.613. The summed E-state index contributed by atoms with van der Waals surface area (Å²) < 4.78 is 29.8. The molecule has 1 aromatic rings. The minimum absolute atomic E-state index is 0.124. The number of aromatic nitrogens is 2. The van der Waals surface area contributed by atoms with E-state index < -0.39 is 7.60 Å². The fourth-order valence-electron chi connectivity index (χ4n) is 1.87. The third-order valence-corrected chi connectivity index (χ3v) is 4.76. The number of ether oxygens (including phenoxy) is 1. The Morgan fingerprint density at radius 2 is 1.91 bits per heavy atom. The van der Waals surface area contributed by atoms with Crippen molar-refractivity contribution in [3.63, 3.8) is 0 Å². The van der Waals surface area contributed by atoms with Gasteiger partial charge in [-0.3, -0.25) is 9.13 Å². The first kappa shape index (κ1) is 19.0. The van der Waals surface area contributed by atoms with E-state index in [1.54, 1.807) is 33.0 Å². The van der Waals surface area contributed by atoms with Crippen LogP contribution in [0.1, 0.15) is 32.9 Å². The second kappa shape index (κ2) is 9.20. The van der Waals surface area contributed by atoms with Crippen molar-refractivity contribution in [3.05, 3.63) is 28.4 Å². The highest BCUT2D eigenvalue weighted by Crippen LogP contribution is 2.48. The van der Waals surface area contributed by atoms with Gasteiger partial charge in [-0.15, -0.1) is 0 Å². The number of hydrogen-bond acceptors (Lipinski definition) is 6. The maximum Gasteiger partial charge on any atom is 0.356 e. The van der Waals surface area contributed by atoms with Gasteiger partial charge in [0.2, 0.25) is 0 Å². The van der Waals surface area contributed by atoms with Gasteiger partial charge in [0.15, 0.2) is 0 Å². The lowest BCUT2D eigenvalue weighted by molar-refractivity contribution is 0.0512. The molecule has 0 aliphatic carbocycles. The van der Waals surface area contributed by atoms with Gasteiger partial charge in [0.1, 0.15) is 6.35 Å². The van der Waals surface area contributed by atoms with Crippen LogP contribution in [0.5, 0.6) is 0 Å². The first-order valence-corrected chi connectivity index (χ1v) is 9.20. The lowest BCUT2D eigenvalue weighted by atomic mass is 10.3. The topological polar surface area (TPSA) is 79.7 Å². The zero-order valence-corrected chi connectivity index (χ0v) is 14.5. The monoisotopic (exact) mass is 332 g/mol. The number of nitrogens with zero attached hydrogens (tertiary/aromatic N) is 2. The lowest BCUT2D eigenvalue weighted by Gasteiger charge is -2.21. The van der Waals surface area contributed by atoms with Crippen molar-refractivity contribution in [1.82, 2.24) is 9.55 Å². The van der Waals surface area contributed by atoms with Gasteiger partial charge in [-0.2, -0.15) is 4.98 Å². The van der Waals surface area contributed by atoms with Crippen molar-refractivity contribution in [2.45, 2.75) is 46.8 Å². The van der Waals surface area contributed by atoms with E-state index >= 15 is 0 Å². The fraction of sp³-hybridized carbons (Fsp3) is 0.714. The van der Waals surface area contributed by atoms with Crippen molar-refractivity contribution in [2.24, 2.45) is 0 Å². The van der Waals surface area contributed by atoms with Crippen LogP contribution < -0.4 is 5.69 Å². The highest BCUT2D eigenvalue weighted by molar-refractivity contribution is 7.53. The van der Waals surface area contributed by atoms with Crippen LogP contribution in [-0.4, -0.2) is 35.2 Å². The van der Waals surface area contributed by atoms with Gasteiger partial charge < -0.3 is 13.8 Å². The number of hydrogen-bond donors (Lipinski definition) is 0. The maximum atomic E-state index is 12.3. The molecule has 0 aromatic carbocycles. The summed E-state index contributed by atoms with van der Waals surface area (Å²) in [6, 6.07) is 1.76. The van der Waals surface area contributed by atoms with Gasteiger partial charge in [-0.25, -0.2) is 4.79 Å². The molecule has 22 heavy (non-hydrogen) atoms. The van der Waals surface area contributed by atoms with Crippen molar-refractivity contribution < 1.29 is 18.3 Å². The zero-order valence-electron chi connectivity index (χ0n) is 13.7. The van der Waals surface area contributed by atoms with Gasteiger partial charge in [0, 0.05) is 11.9 Å². The standard InChI is InChI=1S/C14H25N2O5P/c1-5-13(10-16-9-8-12(4)15-14(16)17)19-11-22(18,20-6-2)21-7-3/h8-9,13H,5-7,10-11H2,1-4H3/t13-/m1/s1. The third-order valence-electron chi connectivity index (χ3n) is 2.99. The summed E-state index contributed by atoms with van der Waals surface area (Å²) in [5, 5.41) is 0. The Kier molecular flexibility index (Phi) is 7.96. The zero-order chi connectivity index (χ0) is 16.6. The molecule has 0 spiro atoms. The molecule has 1 atom stereocenters. The first-order chi connectivity index (χ1) is 10.4. The second-order valence-electron chi connectivity index (χ2n) is 4.78. The van der Waals surface area contributed by atoms with Crippen LogP contribution >= 0.6 is 7.60 Å². The molecule has 0 fully saturated rings. The highest BCUT2D eigenvalue weighted by Gasteiger charge is 2.25. The summed E-state index contributed by atoms with van der Waals surface area (Å²) in [5.74, 6) is 0. The molecule has 0 saturated carbocycles. The summed E-state index contributed by atoms with van der Waals surface area (Å²) in [6.07, 6.45) is 1.96. The van der Waals surface area contributed by atoms with E-state index in [-0.39, 0.29) is 18.1 Å². The molecule has 7 nitrogen and oxygen atoms in total. The summed E-state index contributed by atoms with van der Waals surface area (Å²) in [4.78, 5) is 15.7. The van der Waals surface area contributed by atoms with Crippen molar-refractivity contribution in [1.29, 1.82) is 0 Å². The van der Waals surface area contributed by atoms with Gasteiger partial charge in [0.05, 0.1) is 25.9 Å². The molecule has 126 valence electrons. The van der Waals surface area contributed by atoms with Crippen LogP contribution in [0.3, 0.4) is 0 Å². The third kappa shape index (κ3) is 6.01. The molecule has 0 saturated heterocycles. The Labute approximate surface area is 131 Å². The predicted molar refractivity (Wildman–Crippen MR) is 84.1 cm³/mol. The Morgan fingerprint density at radius 3 is 2.41 bits per heavy atom. The predicted octanol–water partition coefficient (Wildman–Crippen LogP) is 2.57. The minimum atomic E-state index is -3.24. The minimum Gasteiger partial charge on any atom is -0.364 e. The second-order valence-corrected chi connectivity index (χ2v) is 6.77. The number of rotatable bonds is 10. The molecule has 1 heterocycles. The SMILES string of the molecule is CCOP(=O)(CO[C@H](CC)Cn1ccc(C)nc1=O)OCC. The summed E-state index contributed by atoms with van der Waals surface area (Å²) in [7, 11) is -3.24. The maximum absolute atomic E-state index is 12.3. The van der Waals surface area contributed by atoms with Crippen LogP contribution in [0.2, 0.25) is 0 Å². The smallest absolute Gasteiger partial charge is 0.356 e. The van der Waals surface area contributed by atoms with Gasteiger partial charge in [-0.1, -0.05) is 6.92 Å². The van der Waals surface area contributed by atoms with E-state index in [9.17, 15) is 9.36 Å². The summed E-state index contributed by atoms with van der Waals surface area (Å²) >= 11 is 0. The average molecular weight is 332 g/mol. The molecule has 0 radical (unpaired) electrons. The van der Waals surface area contributed by atoms with E-state index in [0.29, 0.717) is 31.9 Å². The van der Waals surface area contributed by atoms with Crippen LogP contribution in [0.15, 0.2) is 17.1 Å². The molecular formula is C14H25N2O5P. The Bertz CT molecular complexity index is 550. The van der Waals surface area contributed by atoms with Gasteiger partial charge in [0.25, 0.3) is 0 Å². The van der Waals surface area contributed by atoms with Crippen molar-refractivity contribution >= 4 is 7.60 Å². The highest BCUT2D eigenvalue weighted by atomic mass is 31.2. The number of aryl methyl sites for hydroxylation is 1. The fourth-order valence-corrected chi connectivity index (χ4v) is 3.28. The average Bonchev–Trinajstić information content (AvgIpc) is 2.46. The van der Waals surface area contributed by atoms with E-state index in [1.165, 1.54) is 4.57 Å². The summed E-state index contributed by atoms with van der Waals surface area (Å²) in [5.41, 5.74) is 0.354. The lowest BCUT2D eigenvalue weighted by Crippen LogP contribution is -2.30. The molecule has 1 rings (SSSR count). The van der Waals surface area contributed by atoms with Crippen LogP contribution in [0.25, 0.3) is 0 Å². The van der Waals surface area contributed by atoms with E-state index in [0.717, 1.165) is 0 Å². The van der Waals surface area contributed by atoms with E-state index in [2.05, 4.69) is 4.98 Å².